The second kappa shape index (κ2) is 6.13. The molecule has 1 atom stereocenters. The zero-order valence-corrected chi connectivity index (χ0v) is 15.5. The second-order valence-electron chi connectivity index (χ2n) is 7.17. The van der Waals surface area contributed by atoms with Crippen LogP contribution < -0.4 is 5.32 Å². The zero-order chi connectivity index (χ0) is 18.4. The predicted octanol–water partition coefficient (Wildman–Crippen LogP) is 5.71. The number of aryl methyl sites for hydroxylation is 2. The zero-order valence-electron chi connectivity index (χ0n) is 15.5. The van der Waals surface area contributed by atoms with Crippen LogP contribution in [0.25, 0.3) is 16.7 Å². The quantitative estimate of drug-likeness (QED) is 0.501. The van der Waals surface area contributed by atoms with E-state index < -0.39 is 0 Å². The van der Waals surface area contributed by atoms with Crippen LogP contribution in [-0.2, 0) is 0 Å². The van der Waals surface area contributed by atoms with Crippen molar-refractivity contribution in [2.45, 2.75) is 19.9 Å². The lowest BCUT2D eigenvalue weighted by atomic mass is 9.97. The van der Waals surface area contributed by atoms with Gasteiger partial charge in [-0.15, -0.1) is 0 Å². The third-order valence-corrected chi connectivity index (χ3v) is 5.31. The van der Waals surface area contributed by atoms with Crippen LogP contribution in [0.2, 0.25) is 0 Å². The minimum absolute atomic E-state index is 0.103. The maximum Gasteiger partial charge on any atom is 0.209 e. The van der Waals surface area contributed by atoms with E-state index in [0.29, 0.717) is 0 Å². The first-order valence-corrected chi connectivity index (χ1v) is 9.29. The molecule has 0 fully saturated rings. The highest BCUT2D eigenvalue weighted by Crippen LogP contribution is 2.37. The van der Waals surface area contributed by atoms with Crippen molar-refractivity contribution in [3.05, 3.63) is 101 Å². The average Bonchev–Trinajstić information content (AvgIpc) is 3.07. The minimum Gasteiger partial charge on any atom is -0.325 e. The molecular formula is C24H21N3. The van der Waals surface area contributed by atoms with Crippen molar-refractivity contribution in [1.29, 1.82) is 0 Å². The Morgan fingerprint density at radius 3 is 2.41 bits per heavy atom. The summed E-state index contributed by atoms with van der Waals surface area (Å²) in [5, 5.41) is 3.55. The standard InChI is InChI=1S/C24H21N3/c1-16-11-13-18(14-12-16)21-15-23(19-8-4-3-7-17(19)2)27-22-10-6-5-9-20(22)25-24(27)26-21/h3-15,23H,1-2H3,(H,25,26)/t23-/m1/s1. The van der Waals surface area contributed by atoms with Crippen molar-refractivity contribution in [2.75, 3.05) is 5.32 Å². The Hall–Kier alpha value is -3.33. The third-order valence-electron chi connectivity index (χ3n) is 5.31. The minimum atomic E-state index is 0.103. The Labute approximate surface area is 159 Å². The number of para-hydroxylation sites is 2. The molecule has 1 aliphatic heterocycles. The highest BCUT2D eigenvalue weighted by molar-refractivity contribution is 5.85. The van der Waals surface area contributed by atoms with Crippen LogP contribution in [0, 0.1) is 13.8 Å². The summed E-state index contributed by atoms with van der Waals surface area (Å²) in [5.41, 5.74) is 8.28. The van der Waals surface area contributed by atoms with Crippen molar-refractivity contribution in [3.8, 4) is 0 Å². The number of hydrogen-bond donors (Lipinski definition) is 1. The van der Waals surface area contributed by atoms with E-state index >= 15 is 0 Å². The van der Waals surface area contributed by atoms with Crippen molar-refractivity contribution in [1.82, 2.24) is 9.55 Å². The van der Waals surface area contributed by atoms with Gasteiger partial charge in [-0.2, -0.15) is 0 Å². The van der Waals surface area contributed by atoms with Crippen molar-refractivity contribution >= 4 is 22.7 Å². The van der Waals surface area contributed by atoms with E-state index in [1.807, 2.05) is 6.07 Å². The number of rotatable bonds is 2. The van der Waals surface area contributed by atoms with E-state index in [2.05, 4.69) is 96.5 Å². The monoisotopic (exact) mass is 351 g/mol. The van der Waals surface area contributed by atoms with Gasteiger partial charge in [-0.1, -0.05) is 66.2 Å². The Morgan fingerprint density at radius 2 is 1.59 bits per heavy atom. The fourth-order valence-electron chi connectivity index (χ4n) is 3.86. The van der Waals surface area contributed by atoms with Crippen LogP contribution in [0.5, 0.6) is 0 Å². The number of aromatic nitrogens is 2. The SMILES string of the molecule is Cc1ccc(C2=C[C@H](c3ccccc3C)n3c(nc4ccccc43)N2)cc1. The molecule has 0 saturated carbocycles. The summed E-state index contributed by atoms with van der Waals surface area (Å²) in [6.45, 7) is 4.29. The molecule has 0 spiro atoms. The summed E-state index contributed by atoms with van der Waals surface area (Å²) < 4.78 is 2.30. The lowest BCUT2D eigenvalue weighted by molar-refractivity contribution is 0.716. The molecule has 0 aliphatic carbocycles. The topological polar surface area (TPSA) is 29.9 Å². The van der Waals surface area contributed by atoms with E-state index in [0.717, 1.165) is 22.7 Å². The van der Waals surface area contributed by atoms with Gasteiger partial charge in [0.25, 0.3) is 0 Å². The van der Waals surface area contributed by atoms with Gasteiger partial charge in [0.2, 0.25) is 5.95 Å². The predicted molar refractivity (Wildman–Crippen MR) is 112 cm³/mol. The van der Waals surface area contributed by atoms with Crippen molar-refractivity contribution < 1.29 is 0 Å². The summed E-state index contributed by atoms with van der Waals surface area (Å²) in [5.74, 6) is 0.891. The molecule has 27 heavy (non-hydrogen) atoms. The van der Waals surface area contributed by atoms with E-state index in [4.69, 9.17) is 4.98 Å². The smallest absolute Gasteiger partial charge is 0.209 e. The summed E-state index contributed by atoms with van der Waals surface area (Å²) in [4.78, 5) is 4.86. The van der Waals surface area contributed by atoms with E-state index in [1.165, 1.54) is 22.3 Å². The van der Waals surface area contributed by atoms with Crippen molar-refractivity contribution in [3.63, 3.8) is 0 Å². The first-order chi connectivity index (χ1) is 13.2. The molecular weight excluding hydrogens is 330 g/mol. The molecule has 0 amide bonds. The van der Waals surface area contributed by atoms with Crippen LogP contribution in [0.15, 0.2) is 78.9 Å². The highest BCUT2D eigenvalue weighted by atomic mass is 15.2. The number of fused-ring (bicyclic) bond motifs is 3. The molecule has 132 valence electrons. The van der Waals surface area contributed by atoms with Gasteiger partial charge in [0.05, 0.1) is 17.1 Å². The summed E-state index contributed by atoms with van der Waals surface area (Å²) >= 11 is 0. The Kier molecular flexibility index (Phi) is 3.61. The largest absolute Gasteiger partial charge is 0.325 e. The molecule has 0 bridgehead atoms. The van der Waals surface area contributed by atoms with E-state index in [1.54, 1.807) is 0 Å². The first-order valence-electron chi connectivity index (χ1n) is 9.29. The van der Waals surface area contributed by atoms with Crippen LogP contribution >= 0.6 is 0 Å². The molecule has 1 aliphatic rings. The molecule has 0 unspecified atom stereocenters. The fraction of sp³-hybridized carbons (Fsp3) is 0.125. The molecule has 3 aromatic carbocycles. The Bertz CT molecular complexity index is 1170. The van der Waals surface area contributed by atoms with Gasteiger partial charge in [0.1, 0.15) is 0 Å². The highest BCUT2D eigenvalue weighted by Gasteiger charge is 2.25. The summed E-state index contributed by atoms with van der Waals surface area (Å²) in [6.07, 6.45) is 2.31. The molecule has 1 aromatic heterocycles. The number of nitrogens with one attached hydrogen (secondary N) is 1. The molecule has 0 saturated heterocycles. The number of hydrogen-bond acceptors (Lipinski definition) is 2. The molecule has 5 rings (SSSR count). The first kappa shape index (κ1) is 15.9. The van der Waals surface area contributed by atoms with Crippen LogP contribution in [0.3, 0.4) is 0 Å². The van der Waals surface area contributed by atoms with Gasteiger partial charge in [-0.05, 0) is 48.7 Å². The molecule has 2 heterocycles. The van der Waals surface area contributed by atoms with Crippen molar-refractivity contribution in [2.24, 2.45) is 0 Å². The lowest BCUT2D eigenvalue weighted by Gasteiger charge is -2.27. The average molecular weight is 351 g/mol. The number of allylic oxidation sites excluding steroid dienone is 1. The number of anilines is 1. The number of imidazole rings is 1. The van der Waals surface area contributed by atoms with Gasteiger partial charge in [-0.3, -0.25) is 4.57 Å². The van der Waals surface area contributed by atoms with Crippen LogP contribution in [0.4, 0.5) is 5.95 Å². The Balaban J connectivity index is 1.74. The third kappa shape index (κ3) is 2.63. The molecule has 1 N–H and O–H groups in total. The fourth-order valence-corrected chi connectivity index (χ4v) is 3.86. The summed E-state index contributed by atoms with van der Waals surface area (Å²) in [6, 6.07) is 25.7. The molecule has 0 radical (unpaired) electrons. The van der Waals surface area contributed by atoms with Crippen LogP contribution in [0.1, 0.15) is 28.3 Å². The maximum absolute atomic E-state index is 4.86. The second-order valence-corrected chi connectivity index (χ2v) is 7.17. The number of benzene rings is 3. The Morgan fingerprint density at radius 1 is 0.852 bits per heavy atom. The van der Waals surface area contributed by atoms with Crippen LogP contribution in [-0.4, -0.2) is 9.55 Å². The molecule has 4 aromatic rings. The lowest BCUT2D eigenvalue weighted by Crippen LogP contribution is -2.19. The summed E-state index contributed by atoms with van der Waals surface area (Å²) in [7, 11) is 0. The normalized spacial score (nSPS) is 15.9. The number of nitrogens with zero attached hydrogens (tertiary/aromatic N) is 2. The van der Waals surface area contributed by atoms with Gasteiger partial charge < -0.3 is 5.32 Å². The van der Waals surface area contributed by atoms with E-state index in [-0.39, 0.29) is 6.04 Å². The maximum atomic E-state index is 4.86. The van der Waals surface area contributed by atoms with Gasteiger partial charge in [-0.25, -0.2) is 4.98 Å². The molecule has 3 heteroatoms. The van der Waals surface area contributed by atoms with Gasteiger partial charge in [0, 0.05) is 5.70 Å². The molecule has 3 nitrogen and oxygen atoms in total. The van der Waals surface area contributed by atoms with Gasteiger partial charge in [0.15, 0.2) is 0 Å². The van der Waals surface area contributed by atoms with E-state index in [9.17, 15) is 0 Å². The van der Waals surface area contributed by atoms with Gasteiger partial charge >= 0.3 is 0 Å².